The van der Waals surface area contributed by atoms with E-state index >= 15 is 0 Å². The monoisotopic (exact) mass is 333 g/mol. The molecule has 0 spiro atoms. The number of anilines is 4. The first-order chi connectivity index (χ1) is 11.6. The Kier molecular flexibility index (Phi) is 5.89. The number of nitrogen functional groups attached to an aromatic ring is 1. The SMILES string of the molecule is CCCNc1cc(Nc2cc(OC)c(OC)c(OC)c2)nc(N)n1. The van der Waals surface area contributed by atoms with Crippen LogP contribution in [0.25, 0.3) is 0 Å². The number of aromatic nitrogens is 2. The second kappa shape index (κ2) is 8.09. The first kappa shape index (κ1) is 17.5. The van der Waals surface area contributed by atoms with Crippen LogP contribution in [0, 0.1) is 0 Å². The molecule has 0 aliphatic rings. The summed E-state index contributed by atoms with van der Waals surface area (Å²) in [5.74, 6) is 3.04. The molecule has 0 fully saturated rings. The number of hydrogen-bond donors (Lipinski definition) is 3. The van der Waals surface area contributed by atoms with Gasteiger partial charge in [-0.05, 0) is 6.42 Å². The van der Waals surface area contributed by atoms with Gasteiger partial charge in [-0.1, -0.05) is 6.92 Å². The van der Waals surface area contributed by atoms with E-state index in [1.807, 2.05) is 0 Å². The van der Waals surface area contributed by atoms with Gasteiger partial charge in [0.25, 0.3) is 0 Å². The first-order valence-electron chi connectivity index (χ1n) is 7.56. The molecule has 0 atom stereocenters. The highest BCUT2D eigenvalue weighted by Crippen LogP contribution is 2.40. The summed E-state index contributed by atoms with van der Waals surface area (Å²) in [6.07, 6.45) is 0.986. The van der Waals surface area contributed by atoms with Crippen molar-refractivity contribution in [1.82, 2.24) is 9.97 Å². The second-order valence-electron chi connectivity index (χ2n) is 4.96. The zero-order valence-corrected chi connectivity index (χ0v) is 14.3. The van der Waals surface area contributed by atoms with Gasteiger partial charge in [0, 0.05) is 30.4 Å². The fraction of sp³-hybridized carbons (Fsp3) is 0.375. The lowest BCUT2D eigenvalue weighted by atomic mass is 10.2. The average Bonchev–Trinajstić information content (AvgIpc) is 2.58. The van der Waals surface area contributed by atoms with Crippen LogP contribution in [-0.2, 0) is 0 Å². The number of benzene rings is 1. The molecule has 0 bridgehead atoms. The predicted molar refractivity (Wildman–Crippen MR) is 94.6 cm³/mol. The van der Waals surface area contributed by atoms with Crippen LogP contribution >= 0.6 is 0 Å². The van der Waals surface area contributed by atoms with Crippen LogP contribution in [0.3, 0.4) is 0 Å². The maximum Gasteiger partial charge on any atom is 0.223 e. The van der Waals surface area contributed by atoms with Gasteiger partial charge >= 0.3 is 0 Å². The van der Waals surface area contributed by atoms with Gasteiger partial charge in [0.05, 0.1) is 21.3 Å². The molecule has 0 amide bonds. The number of nitrogens with two attached hydrogens (primary N) is 1. The predicted octanol–water partition coefficient (Wildman–Crippen LogP) is 2.65. The largest absolute Gasteiger partial charge is 0.493 e. The van der Waals surface area contributed by atoms with Crippen LogP contribution in [0.5, 0.6) is 17.2 Å². The zero-order chi connectivity index (χ0) is 17.5. The number of nitrogens with zero attached hydrogens (tertiary/aromatic N) is 2. The molecule has 0 unspecified atom stereocenters. The average molecular weight is 333 g/mol. The van der Waals surface area contributed by atoms with Crippen LogP contribution in [0.1, 0.15) is 13.3 Å². The lowest BCUT2D eigenvalue weighted by Gasteiger charge is -2.15. The van der Waals surface area contributed by atoms with E-state index in [1.165, 1.54) is 0 Å². The van der Waals surface area contributed by atoms with E-state index in [9.17, 15) is 0 Å². The lowest BCUT2D eigenvalue weighted by Crippen LogP contribution is -2.07. The zero-order valence-electron chi connectivity index (χ0n) is 14.3. The van der Waals surface area contributed by atoms with E-state index in [-0.39, 0.29) is 5.95 Å². The van der Waals surface area contributed by atoms with E-state index in [0.717, 1.165) is 18.7 Å². The van der Waals surface area contributed by atoms with Crippen molar-refractivity contribution in [2.45, 2.75) is 13.3 Å². The quantitative estimate of drug-likeness (QED) is 0.677. The highest BCUT2D eigenvalue weighted by molar-refractivity contribution is 5.68. The van der Waals surface area contributed by atoms with Crippen LogP contribution in [0.2, 0.25) is 0 Å². The van der Waals surface area contributed by atoms with E-state index in [2.05, 4.69) is 27.5 Å². The van der Waals surface area contributed by atoms with E-state index in [0.29, 0.717) is 28.9 Å². The molecule has 24 heavy (non-hydrogen) atoms. The van der Waals surface area contributed by atoms with E-state index < -0.39 is 0 Å². The van der Waals surface area contributed by atoms with Gasteiger partial charge in [0.2, 0.25) is 11.7 Å². The van der Waals surface area contributed by atoms with Gasteiger partial charge in [-0.15, -0.1) is 0 Å². The number of ether oxygens (including phenoxy) is 3. The topological polar surface area (TPSA) is 104 Å². The van der Waals surface area contributed by atoms with Gasteiger partial charge in [-0.3, -0.25) is 0 Å². The third-order valence-electron chi connectivity index (χ3n) is 3.24. The molecule has 0 aliphatic carbocycles. The maximum atomic E-state index is 5.77. The van der Waals surface area contributed by atoms with Gasteiger partial charge in [-0.25, -0.2) is 0 Å². The Hall–Kier alpha value is -2.90. The second-order valence-corrected chi connectivity index (χ2v) is 4.96. The van der Waals surface area contributed by atoms with Crippen molar-refractivity contribution in [3.05, 3.63) is 18.2 Å². The van der Waals surface area contributed by atoms with Gasteiger partial charge in [0.1, 0.15) is 11.6 Å². The minimum absolute atomic E-state index is 0.186. The number of rotatable bonds is 8. The Morgan fingerprint density at radius 2 is 1.58 bits per heavy atom. The normalized spacial score (nSPS) is 10.2. The summed E-state index contributed by atoms with van der Waals surface area (Å²) in [5.41, 5.74) is 6.50. The van der Waals surface area contributed by atoms with Gasteiger partial charge in [-0.2, -0.15) is 9.97 Å². The smallest absolute Gasteiger partial charge is 0.223 e. The van der Waals surface area contributed by atoms with Gasteiger partial charge < -0.3 is 30.6 Å². The lowest BCUT2D eigenvalue weighted by molar-refractivity contribution is 0.324. The summed E-state index contributed by atoms with van der Waals surface area (Å²) in [5, 5.41) is 6.36. The maximum absolute atomic E-state index is 5.77. The first-order valence-corrected chi connectivity index (χ1v) is 7.56. The molecule has 0 radical (unpaired) electrons. The minimum Gasteiger partial charge on any atom is -0.493 e. The number of hydrogen-bond acceptors (Lipinski definition) is 8. The number of nitrogens with one attached hydrogen (secondary N) is 2. The van der Waals surface area contributed by atoms with Crippen molar-refractivity contribution in [2.24, 2.45) is 0 Å². The Labute approximate surface area is 141 Å². The highest BCUT2D eigenvalue weighted by Gasteiger charge is 2.14. The molecule has 2 aromatic rings. The molecule has 0 saturated carbocycles. The van der Waals surface area contributed by atoms with Crippen molar-refractivity contribution < 1.29 is 14.2 Å². The van der Waals surface area contributed by atoms with E-state index in [1.54, 1.807) is 39.5 Å². The van der Waals surface area contributed by atoms with Crippen LogP contribution < -0.4 is 30.6 Å². The molecular weight excluding hydrogens is 310 g/mol. The van der Waals surface area contributed by atoms with Crippen LogP contribution in [-0.4, -0.2) is 37.8 Å². The third kappa shape index (κ3) is 4.09. The molecule has 0 saturated heterocycles. The minimum atomic E-state index is 0.186. The molecule has 8 heteroatoms. The molecule has 2 rings (SSSR count). The van der Waals surface area contributed by atoms with Crippen molar-refractivity contribution in [1.29, 1.82) is 0 Å². The van der Waals surface area contributed by atoms with E-state index in [4.69, 9.17) is 19.9 Å². The third-order valence-corrected chi connectivity index (χ3v) is 3.24. The fourth-order valence-corrected chi connectivity index (χ4v) is 2.17. The van der Waals surface area contributed by atoms with Crippen molar-refractivity contribution >= 4 is 23.3 Å². The summed E-state index contributed by atoms with van der Waals surface area (Å²) in [4.78, 5) is 8.35. The fourth-order valence-electron chi connectivity index (χ4n) is 2.17. The van der Waals surface area contributed by atoms with Crippen LogP contribution in [0.15, 0.2) is 18.2 Å². The molecule has 1 aromatic heterocycles. The van der Waals surface area contributed by atoms with Crippen molar-refractivity contribution in [3.8, 4) is 17.2 Å². The summed E-state index contributed by atoms with van der Waals surface area (Å²) in [7, 11) is 4.69. The Morgan fingerprint density at radius 1 is 0.958 bits per heavy atom. The summed E-state index contributed by atoms with van der Waals surface area (Å²) in [6, 6.07) is 5.37. The standard InChI is InChI=1S/C16H23N5O3/c1-5-6-18-13-9-14(21-16(17)20-13)19-10-7-11(22-2)15(24-4)12(8-10)23-3/h7-9H,5-6H2,1-4H3,(H4,17,18,19,20,21). The number of methoxy groups -OCH3 is 3. The molecular formula is C16H23N5O3. The summed E-state index contributed by atoms with van der Waals surface area (Å²) >= 11 is 0. The summed E-state index contributed by atoms with van der Waals surface area (Å²) < 4.78 is 16.0. The Balaban J connectivity index is 2.32. The molecule has 130 valence electrons. The molecule has 4 N–H and O–H groups in total. The Morgan fingerprint density at radius 3 is 2.12 bits per heavy atom. The Bertz CT molecular complexity index is 668. The highest BCUT2D eigenvalue weighted by atomic mass is 16.5. The van der Waals surface area contributed by atoms with Crippen LogP contribution in [0.4, 0.5) is 23.3 Å². The van der Waals surface area contributed by atoms with Crippen molar-refractivity contribution in [2.75, 3.05) is 44.2 Å². The van der Waals surface area contributed by atoms with Gasteiger partial charge in [0.15, 0.2) is 11.5 Å². The molecule has 0 aliphatic heterocycles. The molecule has 1 aromatic carbocycles. The summed E-state index contributed by atoms with van der Waals surface area (Å²) in [6.45, 7) is 2.88. The van der Waals surface area contributed by atoms with Crippen molar-refractivity contribution in [3.63, 3.8) is 0 Å². The molecule has 8 nitrogen and oxygen atoms in total. The molecule has 1 heterocycles.